The average Bonchev–Trinajstić information content (AvgIpc) is 3.08. The quantitative estimate of drug-likeness (QED) is 0.819. The first kappa shape index (κ1) is 11.4. The monoisotopic (exact) mass is 258 g/mol. The van der Waals surface area contributed by atoms with Crippen molar-refractivity contribution in [2.75, 3.05) is 6.54 Å². The van der Waals surface area contributed by atoms with Gasteiger partial charge in [0.2, 0.25) is 0 Å². The topological polar surface area (TPSA) is 57.3 Å². The van der Waals surface area contributed by atoms with E-state index < -0.39 is 0 Å². The molecule has 19 heavy (non-hydrogen) atoms. The third-order valence-corrected chi connectivity index (χ3v) is 4.71. The lowest BCUT2D eigenvalue weighted by molar-refractivity contribution is 0.0755. The predicted octanol–water partition coefficient (Wildman–Crippen LogP) is 0.682. The summed E-state index contributed by atoms with van der Waals surface area (Å²) in [5, 5.41) is 0. The number of nitrogens with zero attached hydrogens (tertiary/aromatic N) is 2. The van der Waals surface area contributed by atoms with E-state index in [1.807, 2.05) is 17.0 Å². The lowest BCUT2D eigenvalue weighted by Gasteiger charge is -2.23. The van der Waals surface area contributed by atoms with Gasteiger partial charge in [0.15, 0.2) is 0 Å². The number of hydrazine groups is 1. The summed E-state index contributed by atoms with van der Waals surface area (Å²) < 4.78 is 0. The zero-order chi connectivity index (χ0) is 12.8. The predicted molar refractivity (Wildman–Crippen MR) is 70.2 cm³/mol. The van der Waals surface area contributed by atoms with E-state index in [-0.39, 0.29) is 5.91 Å². The van der Waals surface area contributed by atoms with E-state index in [4.69, 9.17) is 0 Å². The van der Waals surface area contributed by atoms with E-state index in [9.17, 15) is 4.79 Å². The van der Waals surface area contributed by atoms with Crippen molar-refractivity contribution in [3.63, 3.8) is 0 Å². The van der Waals surface area contributed by atoms with Gasteiger partial charge in [0.1, 0.15) is 0 Å². The van der Waals surface area contributed by atoms with Gasteiger partial charge in [-0.3, -0.25) is 20.6 Å². The molecule has 4 rings (SSSR count). The molecule has 1 aromatic rings. The van der Waals surface area contributed by atoms with Gasteiger partial charge in [-0.1, -0.05) is 6.42 Å². The molecule has 3 unspecified atom stereocenters. The van der Waals surface area contributed by atoms with Gasteiger partial charge in [0.25, 0.3) is 5.91 Å². The van der Waals surface area contributed by atoms with Crippen molar-refractivity contribution < 1.29 is 4.79 Å². The number of hydrogen-bond acceptors (Lipinski definition) is 4. The molecule has 3 aliphatic rings. The van der Waals surface area contributed by atoms with Gasteiger partial charge in [-0.05, 0) is 30.9 Å². The van der Waals surface area contributed by atoms with E-state index in [0.717, 1.165) is 17.8 Å². The largest absolute Gasteiger partial charge is 0.331 e. The maximum atomic E-state index is 12.3. The number of nitrogens with one attached hydrogen (secondary N) is 2. The van der Waals surface area contributed by atoms with Crippen LogP contribution in [0.3, 0.4) is 0 Å². The van der Waals surface area contributed by atoms with Crippen molar-refractivity contribution in [1.29, 1.82) is 0 Å². The summed E-state index contributed by atoms with van der Waals surface area (Å²) in [5.74, 6) is 0.802. The summed E-state index contributed by atoms with van der Waals surface area (Å²) in [6.07, 6.45) is 5.58. The van der Waals surface area contributed by atoms with Crippen molar-refractivity contribution in [3.8, 4) is 0 Å². The van der Waals surface area contributed by atoms with Gasteiger partial charge >= 0.3 is 0 Å². The van der Waals surface area contributed by atoms with Crippen LogP contribution < -0.4 is 10.9 Å². The summed E-state index contributed by atoms with van der Waals surface area (Å²) in [6, 6.07) is 4.69. The standard InChI is InChI=1S/C14H18N4O/c19-14-10-4-2-6-15-12(10)7-18(14)8-13-9-3-1-5-11(9)16-17-13/h2,4,6,9,11,13,16-17H,1,3,5,7-8H2. The minimum atomic E-state index is 0.131. The highest BCUT2D eigenvalue weighted by Gasteiger charge is 2.41. The lowest BCUT2D eigenvalue weighted by Crippen LogP contribution is -2.42. The average molecular weight is 258 g/mol. The molecule has 0 bridgehead atoms. The first-order valence-corrected chi connectivity index (χ1v) is 7.07. The summed E-state index contributed by atoms with van der Waals surface area (Å²) in [4.78, 5) is 18.5. The van der Waals surface area contributed by atoms with E-state index >= 15 is 0 Å². The Balaban J connectivity index is 1.49. The van der Waals surface area contributed by atoms with Crippen LogP contribution >= 0.6 is 0 Å². The molecule has 5 heteroatoms. The number of aromatic nitrogens is 1. The molecule has 100 valence electrons. The number of amides is 1. The van der Waals surface area contributed by atoms with Gasteiger partial charge < -0.3 is 4.90 Å². The van der Waals surface area contributed by atoms with Gasteiger partial charge in [0.05, 0.1) is 17.8 Å². The Kier molecular flexibility index (Phi) is 2.56. The molecule has 2 N–H and O–H groups in total. The van der Waals surface area contributed by atoms with Crippen LogP contribution in [-0.2, 0) is 6.54 Å². The number of hydrogen-bond donors (Lipinski definition) is 2. The van der Waals surface area contributed by atoms with Crippen LogP contribution in [0.15, 0.2) is 18.3 Å². The van der Waals surface area contributed by atoms with Crippen LogP contribution in [0.2, 0.25) is 0 Å². The van der Waals surface area contributed by atoms with Gasteiger partial charge in [-0.15, -0.1) is 0 Å². The van der Waals surface area contributed by atoms with Crippen LogP contribution in [-0.4, -0.2) is 34.4 Å². The van der Waals surface area contributed by atoms with Gasteiger partial charge in [-0.2, -0.15) is 0 Å². The van der Waals surface area contributed by atoms with Gasteiger partial charge in [-0.25, -0.2) is 0 Å². The Morgan fingerprint density at radius 2 is 2.32 bits per heavy atom. The second-order valence-corrected chi connectivity index (χ2v) is 5.78. The van der Waals surface area contributed by atoms with Crippen molar-refractivity contribution in [3.05, 3.63) is 29.6 Å². The third-order valence-electron chi connectivity index (χ3n) is 4.71. The lowest BCUT2D eigenvalue weighted by atomic mass is 9.97. The van der Waals surface area contributed by atoms with Crippen molar-refractivity contribution in [2.24, 2.45) is 5.92 Å². The molecular weight excluding hydrogens is 240 g/mol. The Morgan fingerprint density at radius 1 is 1.37 bits per heavy atom. The van der Waals surface area contributed by atoms with Crippen molar-refractivity contribution >= 4 is 5.91 Å². The molecule has 2 fully saturated rings. The Hall–Kier alpha value is -1.46. The summed E-state index contributed by atoms with van der Waals surface area (Å²) in [6.45, 7) is 1.44. The zero-order valence-electron chi connectivity index (χ0n) is 10.8. The van der Waals surface area contributed by atoms with Crippen LogP contribution in [0.1, 0.15) is 35.3 Å². The van der Waals surface area contributed by atoms with Crippen LogP contribution in [0.5, 0.6) is 0 Å². The molecule has 1 amide bonds. The Labute approximate surface area is 112 Å². The highest BCUT2D eigenvalue weighted by molar-refractivity contribution is 5.97. The van der Waals surface area contributed by atoms with E-state index in [0.29, 0.717) is 24.5 Å². The number of carbonyl (C=O) groups excluding carboxylic acids is 1. The molecule has 5 nitrogen and oxygen atoms in total. The minimum Gasteiger partial charge on any atom is -0.331 e. The number of carbonyl (C=O) groups is 1. The molecule has 2 aliphatic heterocycles. The number of pyridine rings is 1. The normalized spacial score (nSPS) is 32.7. The third kappa shape index (κ3) is 1.76. The highest BCUT2D eigenvalue weighted by Crippen LogP contribution is 2.32. The summed E-state index contributed by atoms with van der Waals surface area (Å²) >= 11 is 0. The number of fused-ring (bicyclic) bond motifs is 2. The maximum Gasteiger partial charge on any atom is 0.256 e. The molecule has 0 aromatic carbocycles. The molecule has 1 aliphatic carbocycles. The van der Waals surface area contributed by atoms with E-state index in [2.05, 4.69) is 15.8 Å². The van der Waals surface area contributed by atoms with E-state index in [1.54, 1.807) is 6.20 Å². The van der Waals surface area contributed by atoms with Crippen LogP contribution in [0.25, 0.3) is 0 Å². The van der Waals surface area contributed by atoms with Gasteiger partial charge in [0, 0.05) is 24.8 Å². The second-order valence-electron chi connectivity index (χ2n) is 5.78. The van der Waals surface area contributed by atoms with E-state index in [1.165, 1.54) is 19.3 Å². The second kappa shape index (κ2) is 4.28. The SMILES string of the molecule is O=C1c2cccnc2CN1CC1NNC2CCCC21. The van der Waals surface area contributed by atoms with Crippen LogP contribution in [0.4, 0.5) is 0 Å². The maximum absolute atomic E-state index is 12.3. The summed E-state index contributed by atoms with van der Waals surface area (Å²) in [5.41, 5.74) is 8.44. The summed E-state index contributed by atoms with van der Waals surface area (Å²) in [7, 11) is 0. The van der Waals surface area contributed by atoms with Crippen molar-refractivity contribution in [1.82, 2.24) is 20.7 Å². The molecule has 3 heterocycles. The Morgan fingerprint density at radius 3 is 3.21 bits per heavy atom. The highest BCUT2D eigenvalue weighted by atomic mass is 16.2. The fraction of sp³-hybridized carbons (Fsp3) is 0.571. The first-order valence-electron chi connectivity index (χ1n) is 7.07. The van der Waals surface area contributed by atoms with Crippen molar-refractivity contribution in [2.45, 2.75) is 37.9 Å². The number of rotatable bonds is 2. The fourth-order valence-corrected chi connectivity index (χ4v) is 3.72. The molecular formula is C14H18N4O. The molecule has 1 aromatic heterocycles. The zero-order valence-corrected chi connectivity index (χ0v) is 10.8. The molecule has 0 spiro atoms. The minimum absolute atomic E-state index is 0.131. The molecule has 0 radical (unpaired) electrons. The van der Waals surface area contributed by atoms with Crippen LogP contribution in [0, 0.1) is 5.92 Å². The first-order chi connectivity index (χ1) is 9.33. The molecule has 3 atom stereocenters. The fourth-order valence-electron chi connectivity index (χ4n) is 3.72. The smallest absolute Gasteiger partial charge is 0.256 e. The molecule has 1 saturated carbocycles. The molecule has 1 saturated heterocycles. The Bertz CT molecular complexity index is 518.